The molecule has 3 aromatic rings. The van der Waals surface area contributed by atoms with Crippen molar-refractivity contribution in [1.29, 1.82) is 5.26 Å². The van der Waals surface area contributed by atoms with Crippen LogP contribution >= 0.6 is 11.3 Å². The highest BCUT2D eigenvalue weighted by atomic mass is 32.1. The van der Waals surface area contributed by atoms with Gasteiger partial charge in [-0.15, -0.1) is 11.3 Å². The van der Waals surface area contributed by atoms with Gasteiger partial charge in [-0.05, 0) is 48.5 Å². The van der Waals surface area contributed by atoms with Gasteiger partial charge in [-0.3, -0.25) is 0 Å². The summed E-state index contributed by atoms with van der Waals surface area (Å²) in [5.74, 6) is 0.798. The number of esters is 1. The fourth-order valence-electron chi connectivity index (χ4n) is 2.20. The van der Waals surface area contributed by atoms with Crippen molar-refractivity contribution in [1.82, 2.24) is 4.98 Å². The third kappa shape index (κ3) is 5.06. The second-order valence-corrected chi connectivity index (χ2v) is 6.32. The van der Waals surface area contributed by atoms with Crippen molar-refractivity contribution < 1.29 is 19.0 Å². The number of nitrogens with zero attached hydrogens (tertiary/aromatic N) is 2. The molecule has 0 bridgehead atoms. The smallest absolute Gasteiger partial charge is 0.344 e. The summed E-state index contributed by atoms with van der Waals surface area (Å²) in [5.41, 5.74) is 2.18. The molecule has 0 amide bonds. The van der Waals surface area contributed by atoms with Crippen molar-refractivity contribution in [2.45, 2.75) is 6.61 Å². The van der Waals surface area contributed by atoms with E-state index in [0.717, 1.165) is 16.3 Å². The average Bonchev–Trinajstić information content (AvgIpc) is 3.20. The molecule has 0 saturated heterocycles. The number of thiazole rings is 1. The lowest BCUT2D eigenvalue weighted by molar-refractivity contribution is -0.147. The van der Waals surface area contributed by atoms with Gasteiger partial charge in [-0.25, -0.2) is 9.78 Å². The van der Waals surface area contributed by atoms with Crippen molar-refractivity contribution in [3.8, 4) is 28.1 Å². The molecule has 0 N–H and O–H groups in total. The largest absolute Gasteiger partial charge is 0.497 e. The Labute approximate surface area is 160 Å². The molecule has 0 spiro atoms. The van der Waals surface area contributed by atoms with Crippen LogP contribution in [0.1, 0.15) is 11.3 Å². The molecule has 0 aliphatic heterocycles. The quantitative estimate of drug-likeness (QED) is 0.580. The van der Waals surface area contributed by atoms with Gasteiger partial charge < -0.3 is 14.2 Å². The topological polar surface area (TPSA) is 81.4 Å². The second kappa shape index (κ2) is 8.83. The van der Waals surface area contributed by atoms with Crippen LogP contribution in [0.25, 0.3) is 10.6 Å². The van der Waals surface area contributed by atoms with E-state index in [2.05, 4.69) is 4.98 Å². The standard InChI is InChI=1S/C20H16N2O4S/c1-24-17-8-4-15(5-9-17)20-22-16(13-27-20)11-26-19(23)12-25-18-6-2-14(10-21)3-7-18/h2-9,13H,11-12H2,1H3. The van der Waals surface area contributed by atoms with Gasteiger partial charge in [0, 0.05) is 10.9 Å². The summed E-state index contributed by atoms with van der Waals surface area (Å²) in [6, 6.07) is 16.1. The summed E-state index contributed by atoms with van der Waals surface area (Å²) < 4.78 is 15.7. The highest BCUT2D eigenvalue weighted by Crippen LogP contribution is 2.26. The summed E-state index contributed by atoms with van der Waals surface area (Å²) in [7, 11) is 1.62. The Kier molecular flexibility index (Phi) is 6.02. The Morgan fingerprint density at radius 3 is 2.48 bits per heavy atom. The number of ether oxygens (including phenoxy) is 3. The van der Waals surface area contributed by atoms with Gasteiger partial charge in [0.2, 0.25) is 0 Å². The molecule has 136 valence electrons. The minimum absolute atomic E-state index is 0.0855. The SMILES string of the molecule is COc1ccc(-c2nc(COC(=O)COc3ccc(C#N)cc3)cs2)cc1. The maximum Gasteiger partial charge on any atom is 0.344 e. The fraction of sp³-hybridized carbons (Fsp3) is 0.150. The van der Waals surface area contributed by atoms with Gasteiger partial charge in [0.25, 0.3) is 0 Å². The van der Waals surface area contributed by atoms with Gasteiger partial charge in [0.05, 0.1) is 24.4 Å². The van der Waals surface area contributed by atoms with Gasteiger partial charge in [0.1, 0.15) is 23.1 Å². The lowest BCUT2D eigenvalue weighted by atomic mass is 10.2. The summed E-state index contributed by atoms with van der Waals surface area (Å²) in [6.45, 7) is -0.121. The molecule has 6 nitrogen and oxygen atoms in total. The molecule has 3 rings (SSSR count). The molecule has 0 aliphatic rings. The van der Waals surface area contributed by atoms with Crippen LogP contribution in [-0.2, 0) is 16.1 Å². The number of carbonyl (C=O) groups is 1. The molecular formula is C20H16N2O4S. The fourth-order valence-corrected chi connectivity index (χ4v) is 3.01. The normalized spacial score (nSPS) is 10.1. The first-order valence-corrected chi connectivity index (χ1v) is 8.93. The Morgan fingerprint density at radius 2 is 1.81 bits per heavy atom. The van der Waals surface area contributed by atoms with E-state index in [4.69, 9.17) is 19.5 Å². The lowest BCUT2D eigenvalue weighted by Gasteiger charge is -2.06. The summed E-state index contributed by atoms with van der Waals surface area (Å²) in [4.78, 5) is 16.3. The first kappa shape index (κ1) is 18.4. The molecule has 7 heteroatoms. The first-order chi connectivity index (χ1) is 13.2. The monoisotopic (exact) mass is 380 g/mol. The van der Waals surface area contributed by atoms with Crippen LogP contribution in [0.2, 0.25) is 0 Å². The third-order valence-corrected chi connectivity index (χ3v) is 4.55. The summed E-state index contributed by atoms with van der Waals surface area (Å²) >= 11 is 1.48. The van der Waals surface area contributed by atoms with Crippen molar-refractivity contribution >= 4 is 17.3 Å². The number of hydrogen-bond donors (Lipinski definition) is 0. The van der Waals surface area contributed by atoms with Crippen LogP contribution in [0.4, 0.5) is 0 Å². The maximum atomic E-state index is 11.8. The van der Waals surface area contributed by atoms with Gasteiger partial charge >= 0.3 is 5.97 Å². The molecule has 0 saturated carbocycles. The maximum absolute atomic E-state index is 11.8. The zero-order chi connectivity index (χ0) is 19.1. The Balaban J connectivity index is 1.48. The molecule has 0 radical (unpaired) electrons. The lowest BCUT2D eigenvalue weighted by Crippen LogP contribution is -2.14. The van der Waals surface area contributed by atoms with Gasteiger partial charge in [-0.2, -0.15) is 5.26 Å². The number of methoxy groups -OCH3 is 1. The Bertz CT molecular complexity index is 943. The van der Waals surface area contributed by atoms with E-state index in [9.17, 15) is 4.79 Å². The number of carbonyl (C=O) groups excluding carboxylic acids is 1. The first-order valence-electron chi connectivity index (χ1n) is 8.05. The third-order valence-electron chi connectivity index (χ3n) is 3.61. The zero-order valence-electron chi connectivity index (χ0n) is 14.5. The second-order valence-electron chi connectivity index (χ2n) is 5.46. The number of rotatable bonds is 7. The van der Waals surface area contributed by atoms with Crippen LogP contribution in [0.15, 0.2) is 53.9 Å². The van der Waals surface area contributed by atoms with Gasteiger partial charge in [-0.1, -0.05) is 0 Å². The van der Waals surface area contributed by atoms with E-state index in [1.807, 2.05) is 35.7 Å². The Hall–Kier alpha value is -3.37. The predicted molar refractivity (Wildman–Crippen MR) is 101 cm³/mol. The molecule has 0 fully saturated rings. The number of benzene rings is 2. The number of aromatic nitrogens is 1. The molecular weight excluding hydrogens is 364 g/mol. The number of hydrogen-bond acceptors (Lipinski definition) is 7. The highest BCUT2D eigenvalue weighted by Gasteiger charge is 2.09. The van der Waals surface area contributed by atoms with E-state index in [1.54, 1.807) is 31.4 Å². The van der Waals surface area contributed by atoms with Crippen LogP contribution < -0.4 is 9.47 Å². The highest BCUT2D eigenvalue weighted by molar-refractivity contribution is 7.13. The van der Waals surface area contributed by atoms with E-state index in [-0.39, 0.29) is 13.2 Å². The van der Waals surface area contributed by atoms with E-state index in [1.165, 1.54) is 11.3 Å². The zero-order valence-corrected chi connectivity index (χ0v) is 15.4. The average molecular weight is 380 g/mol. The van der Waals surface area contributed by atoms with Crippen molar-refractivity contribution in [2.75, 3.05) is 13.7 Å². The molecule has 0 unspecified atom stereocenters. The van der Waals surface area contributed by atoms with Crippen LogP contribution in [0, 0.1) is 11.3 Å². The van der Waals surface area contributed by atoms with Crippen molar-refractivity contribution in [3.05, 3.63) is 65.2 Å². The van der Waals surface area contributed by atoms with E-state index >= 15 is 0 Å². The van der Waals surface area contributed by atoms with E-state index in [0.29, 0.717) is 17.0 Å². The summed E-state index contributed by atoms with van der Waals surface area (Å²) in [5, 5.41) is 11.4. The molecule has 0 aliphatic carbocycles. The minimum Gasteiger partial charge on any atom is -0.497 e. The molecule has 27 heavy (non-hydrogen) atoms. The van der Waals surface area contributed by atoms with E-state index < -0.39 is 5.97 Å². The van der Waals surface area contributed by atoms with Crippen molar-refractivity contribution in [3.63, 3.8) is 0 Å². The number of nitriles is 1. The predicted octanol–water partition coefficient (Wildman–Crippen LogP) is 3.81. The summed E-state index contributed by atoms with van der Waals surface area (Å²) in [6.07, 6.45) is 0. The van der Waals surface area contributed by atoms with Crippen LogP contribution in [-0.4, -0.2) is 24.7 Å². The Morgan fingerprint density at radius 1 is 1.11 bits per heavy atom. The minimum atomic E-state index is -0.488. The van der Waals surface area contributed by atoms with Gasteiger partial charge in [0.15, 0.2) is 6.61 Å². The van der Waals surface area contributed by atoms with Crippen LogP contribution in [0.5, 0.6) is 11.5 Å². The molecule has 2 aromatic carbocycles. The molecule has 1 aromatic heterocycles. The molecule has 0 atom stereocenters. The van der Waals surface area contributed by atoms with Crippen LogP contribution in [0.3, 0.4) is 0 Å². The molecule has 1 heterocycles. The van der Waals surface area contributed by atoms with Crippen molar-refractivity contribution in [2.24, 2.45) is 0 Å².